The van der Waals surface area contributed by atoms with E-state index in [9.17, 15) is 4.79 Å². The van der Waals surface area contributed by atoms with E-state index in [-0.39, 0.29) is 6.03 Å². The summed E-state index contributed by atoms with van der Waals surface area (Å²) in [5.74, 6) is 0.982. The van der Waals surface area contributed by atoms with E-state index in [1.165, 1.54) is 0 Å². The van der Waals surface area contributed by atoms with E-state index in [1.807, 2.05) is 41.7 Å². The normalized spacial score (nSPS) is 15.3. The van der Waals surface area contributed by atoms with Crippen molar-refractivity contribution in [3.8, 4) is 0 Å². The number of pyridine rings is 1. The molecule has 0 atom stereocenters. The number of hydrogen-bond donors (Lipinski definition) is 1. The van der Waals surface area contributed by atoms with Gasteiger partial charge in [0.2, 0.25) is 0 Å². The van der Waals surface area contributed by atoms with E-state index >= 15 is 0 Å². The lowest BCUT2D eigenvalue weighted by Crippen LogP contribution is -2.41. The van der Waals surface area contributed by atoms with Gasteiger partial charge in [-0.15, -0.1) is 11.3 Å². The number of carbonyl (C=O) groups is 1. The zero-order chi connectivity index (χ0) is 16.1. The van der Waals surface area contributed by atoms with Gasteiger partial charge in [-0.1, -0.05) is 6.07 Å². The Hall–Kier alpha value is -2.15. The summed E-state index contributed by atoms with van der Waals surface area (Å²) in [6.07, 6.45) is 2.76. The predicted octanol–water partition coefficient (Wildman–Crippen LogP) is 2.27. The van der Waals surface area contributed by atoms with Crippen molar-refractivity contribution in [2.24, 2.45) is 0 Å². The Morgan fingerprint density at radius 2 is 2.17 bits per heavy atom. The molecule has 1 N–H and O–H groups in total. The predicted molar refractivity (Wildman–Crippen MR) is 91.7 cm³/mol. The number of aromatic nitrogens is 2. The highest BCUT2D eigenvalue weighted by Gasteiger charge is 2.19. The van der Waals surface area contributed by atoms with Crippen molar-refractivity contribution in [2.45, 2.75) is 19.9 Å². The first-order chi connectivity index (χ1) is 11.2. The van der Waals surface area contributed by atoms with Crippen LogP contribution in [0, 0.1) is 6.92 Å². The van der Waals surface area contributed by atoms with Gasteiger partial charge >= 0.3 is 6.03 Å². The molecule has 23 heavy (non-hydrogen) atoms. The van der Waals surface area contributed by atoms with Crippen LogP contribution in [0.1, 0.15) is 17.0 Å². The second-order valence-corrected chi connectivity index (χ2v) is 6.47. The minimum absolute atomic E-state index is 0.000621. The molecule has 1 saturated heterocycles. The van der Waals surface area contributed by atoms with Crippen LogP contribution in [-0.2, 0) is 6.54 Å². The number of nitrogens with zero attached hydrogens (tertiary/aromatic N) is 4. The number of amides is 2. The Bertz CT molecular complexity index is 645. The molecule has 2 amide bonds. The molecule has 2 aromatic heterocycles. The van der Waals surface area contributed by atoms with E-state index in [4.69, 9.17) is 0 Å². The van der Waals surface area contributed by atoms with Gasteiger partial charge in [0.25, 0.3) is 0 Å². The first-order valence-corrected chi connectivity index (χ1v) is 8.70. The van der Waals surface area contributed by atoms with Gasteiger partial charge in [0.05, 0.1) is 17.7 Å². The van der Waals surface area contributed by atoms with Crippen LogP contribution in [0.3, 0.4) is 0 Å². The number of rotatable bonds is 3. The summed E-state index contributed by atoms with van der Waals surface area (Å²) in [5, 5.41) is 3.00. The standard InChI is InChI=1S/C16H21N5OS/c1-13-14(23-12-19-13)11-18-16(22)21-8-4-7-20(9-10-21)15-5-2-3-6-17-15/h2-3,5-6,12H,4,7-11H2,1H3,(H,18,22). The fourth-order valence-corrected chi connectivity index (χ4v) is 3.37. The molecule has 1 fully saturated rings. The Labute approximate surface area is 140 Å². The van der Waals surface area contributed by atoms with E-state index in [0.29, 0.717) is 13.1 Å². The lowest BCUT2D eigenvalue weighted by molar-refractivity contribution is 0.201. The van der Waals surface area contributed by atoms with Crippen LogP contribution in [0.25, 0.3) is 0 Å². The molecule has 0 saturated carbocycles. The number of carbonyl (C=O) groups excluding carboxylic acids is 1. The summed E-state index contributed by atoms with van der Waals surface area (Å²) in [7, 11) is 0. The average Bonchev–Trinajstić information content (AvgIpc) is 2.85. The molecule has 0 aliphatic carbocycles. The summed E-state index contributed by atoms with van der Waals surface area (Å²) < 4.78 is 0. The molecule has 6 nitrogen and oxygen atoms in total. The van der Waals surface area contributed by atoms with Crippen molar-refractivity contribution in [2.75, 3.05) is 31.1 Å². The summed E-state index contributed by atoms with van der Waals surface area (Å²) >= 11 is 1.58. The van der Waals surface area contributed by atoms with Gasteiger partial charge in [0.1, 0.15) is 5.82 Å². The smallest absolute Gasteiger partial charge is 0.317 e. The largest absolute Gasteiger partial charge is 0.355 e. The van der Waals surface area contributed by atoms with Crippen LogP contribution in [0.15, 0.2) is 29.9 Å². The number of thiazole rings is 1. The molecule has 1 aliphatic rings. The Morgan fingerprint density at radius 3 is 2.91 bits per heavy atom. The van der Waals surface area contributed by atoms with Crippen molar-refractivity contribution in [1.29, 1.82) is 0 Å². The van der Waals surface area contributed by atoms with E-state index in [2.05, 4.69) is 20.2 Å². The SMILES string of the molecule is Cc1ncsc1CNC(=O)N1CCCN(c2ccccn2)CC1. The highest BCUT2D eigenvalue weighted by molar-refractivity contribution is 7.09. The molecule has 0 aromatic carbocycles. The first kappa shape index (κ1) is 15.7. The molecule has 0 spiro atoms. The number of aryl methyl sites for hydroxylation is 1. The number of nitrogens with one attached hydrogen (secondary N) is 1. The van der Waals surface area contributed by atoms with Crippen LogP contribution >= 0.6 is 11.3 Å². The third kappa shape index (κ3) is 3.98. The van der Waals surface area contributed by atoms with Crippen molar-refractivity contribution in [3.05, 3.63) is 40.5 Å². The average molecular weight is 331 g/mol. The van der Waals surface area contributed by atoms with Gasteiger partial charge in [-0.25, -0.2) is 14.8 Å². The zero-order valence-electron chi connectivity index (χ0n) is 13.2. The van der Waals surface area contributed by atoms with Gasteiger partial charge < -0.3 is 15.1 Å². The van der Waals surface area contributed by atoms with E-state index in [1.54, 1.807) is 11.3 Å². The quantitative estimate of drug-likeness (QED) is 0.937. The molecule has 0 bridgehead atoms. The molecule has 7 heteroatoms. The van der Waals surface area contributed by atoms with Crippen LogP contribution in [-0.4, -0.2) is 47.1 Å². The van der Waals surface area contributed by atoms with Crippen molar-refractivity contribution < 1.29 is 4.79 Å². The Balaban J connectivity index is 1.53. The second kappa shape index (κ2) is 7.41. The van der Waals surface area contributed by atoms with Gasteiger partial charge in [-0.2, -0.15) is 0 Å². The van der Waals surface area contributed by atoms with Gasteiger partial charge in [-0.3, -0.25) is 0 Å². The van der Waals surface area contributed by atoms with Crippen molar-refractivity contribution >= 4 is 23.2 Å². The molecule has 1 aliphatic heterocycles. The Morgan fingerprint density at radius 1 is 1.26 bits per heavy atom. The maximum atomic E-state index is 12.4. The topological polar surface area (TPSA) is 61.4 Å². The molecule has 0 radical (unpaired) electrons. The van der Waals surface area contributed by atoms with Gasteiger partial charge in [0, 0.05) is 37.3 Å². The molecule has 2 aromatic rings. The van der Waals surface area contributed by atoms with Gasteiger partial charge in [0.15, 0.2) is 0 Å². The van der Waals surface area contributed by atoms with E-state index < -0.39 is 0 Å². The lowest BCUT2D eigenvalue weighted by Gasteiger charge is -2.23. The number of anilines is 1. The summed E-state index contributed by atoms with van der Waals surface area (Å²) in [6, 6.07) is 5.93. The van der Waals surface area contributed by atoms with Crippen molar-refractivity contribution in [1.82, 2.24) is 20.2 Å². The number of urea groups is 1. The lowest BCUT2D eigenvalue weighted by atomic mass is 10.3. The highest BCUT2D eigenvalue weighted by atomic mass is 32.1. The fraction of sp³-hybridized carbons (Fsp3) is 0.438. The monoisotopic (exact) mass is 331 g/mol. The third-order valence-electron chi connectivity index (χ3n) is 4.00. The van der Waals surface area contributed by atoms with Gasteiger partial charge in [-0.05, 0) is 25.5 Å². The molecular weight excluding hydrogens is 310 g/mol. The van der Waals surface area contributed by atoms with Crippen molar-refractivity contribution in [3.63, 3.8) is 0 Å². The van der Waals surface area contributed by atoms with Crippen LogP contribution in [0.5, 0.6) is 0 Å². The third-order valence-corrected chi connectivity index (χ3v) is 4.94. The molecule has 3 rings (SSSR count). The minimum atomic E-state index is 0.000621. The Kier molecular flexibility index (Phi) is 5.07. The maximum Gasteiger partial charge on any atom is 0.317 e. The summed E-state index contributed by atoms with van der Waals surface area (Å²) in [4.78, 5) is 26.2. The summed E-state index contributed by atoms with van der Waals surface area (Å²) in [5.41, 5.74) is 2.81. The van der Waals surface area contributed by atoms with Crippen LogP contribution < -0.4 is 10.2 Å². The molecule has 122 valence electrons. The van der Waals surface area contributed by atoms with Crippen LogP contribution in [0.2, 0.25) is 0 Å². The molecular formula is C16H21N5OS. The number of hydrogen-bond acceptors (Lipinski definition) is 5. The maximum absolute atomic E-state index is 12.4. The van der Waals surface area contributed by atoms with Crippen LogP contribution in [0.4, 0.5) is 10.6 Å². The first-order valence-electron chi connectivity index (χ1n) is 7.82. The zero-order valence-corrected chi connectivity index (χ0v) is 14.1. The minimum Gasteiger partial charge on any atom is -0.355 e. The van der Waals surface area contributed by atoms with E-state index in [0.717, 1.165) is 42.4 Å². The molecule has 3 heterocycles. The highest BCUT2D eigenvalue weighted by Crippen LogP contribution is 2.14. The fourth-order valence-electron chi connectivity index (χ4n) is 2.65. The molecule has 0 unspecified atom stereocenters. The summed E-state index contributed by atoms with van der Waals surface area (Å²) in [6.45, 7) is 5.74. The second-order valence-electron chi connectivity index (χ2n) is 5.54.